The van der Waals surface area contributed by atoms with E-state index >= 15 is 0 Å². The molecule has 0 fully saturated rings. The van der Waals surface area contributed by atoms with Crippen LogP contribution in [0.25, 0.3) is 0 Å². The predicted octanol–water partition coefficient (Wildman–Crippen LogP) is 0.825. The molecule has 6 N–H and O–H groups in total. The summed E-state index contributed by atoms with van der Waals surface area (Å²) >= 11 is 0. The van der Waals surface area contributed by atoms with E-state index in [0.29, 0.717) is 11.3 Å². The fraction of sp³-hybridized carbons (Fsp3) is 0.308. The molecule has 7 heteroatoms. The third-order valence-corrected chi connectivity index (χ3v) is 2.53. The Morgan fingerprint density at radius 2 is 2.00 bits per heavy atom. The van der Waals surface area contributed by atoms with Gasteiger partial charge in [-0.1, -0.05) is 13.8 Å². The van der Waals surface area contributed by atoms with Crippen LogP contribution in [0.3, 0.4) is 0 Å². The number of benzene rings is 1. The van der Waals surface area contributed by atoms with Gasteiger partial charge in [-0.05, 0) is 24.1 Å². The van der Waals surface area contributed by atoms with Crippen LogP contribution in [0.1, 0.15) is 19.4 Å². The van der Waals surface area contributed by atoms with Crippen molar-refractivity contribution in [3.8, 4) is 5.75 Å². The highest BCUT2D eigenvalue weighted by Crippen LogP contribution is 2.22. The van der Waals surface area contributed by atoms with Gasteiger partial charge in [0, 0.05) is 11.8 Å². The molecule has 0 saturated heterocycles. The Labute approximate surface area is 116 Å². The normalized spacial score (nSPS) is 12.6. The largest absolute Gasteiger partial charge is 0.507 e. The molecule has 1 aromatic rings. The number of guanidine groups is 1. The van der Waals surface area contributed by atoms with Crippen molar-refractivity contribution in [3.05, 3.63) is 23.8 Å². The first-order chi connectivity index (χ1) is 9.31. The number of aliphatic carboxylic acids is 1. The van der Waals surface area contributed by atoms with Crippen LogP contribution in [0.5, 0.6) is 5.75 Å². The van der Waals surface area contributed by atoms with Gasteiger partial charge < -0.3 is 21.7 Å². The van der Waals surface area contributed by atoms with Crippen molar-refractivity contribution in [1.82, 2.24) is 0 Å². The molecule has 20 heavy (non-hydrogen) atoms. The van der Waals surface area contributed by atoms with Crippen LogP contribution in [0.4, 0.5) is 5.69 Å². The topological polar surface area (TPSA) is 134 Å². The van der Waals surface area contributed by atoms with Crippen LogP contribution in [0, 0.1) is 5.92 Å². The molecule has 0 unspecified atom stereocenters. The molecule has 7 nitrogen and oxygen atoms in total. The van der Waals surface area contributed by atoms with Gasteiger partial charge in [0.25, 0.3) is 0 Å². The second-order valence-electron chi connectivity index (χ2n) is 4.59. The first-order valence-electron chi connectivity index (χ1n) is 6.00. The van der Waals surface area contributed by atoms with E-state index in [1.165, 1.54) is 24.4 Å². The summed E-state index contributed by atoms with van der Waals surface area (Å²) in [6, 6.07) is 3.58. The molecule has 0 aliphatic rings. The number of phenols is 1. The van der Waals surface area contributed by atoms with Crippen molar-refractivity contribution in [2.24, 2.45) is 27.4 Å². The molecule has 0 saturated carbocycles. The van der Waals surface area contributed by atoms with Crippen LogP contribution >= 0.6 is 0 Å². The summed E-state index contributed by atoms with van der Waals surface area (Å²) in [7, 11) is 0. The lowest BCUT2D eigenvalue weighted by Crippen LogP contribution is -2.24. The summed E-state index contributed by atoms with van der Waals surface area (Å²) in [5, 5.41) is 18.7. The first-order valence-corrected chi connectivity index (χ1v) is 6.00. The van der Waals surface area contributed by atoms with Crippen molar-refractivity contribution in [2.75, 3.05) is 0 Å². The number of carboxylic acid groups (broad SMARTS) is 1. The summed E-state index contributed by atoms with van der Waals surface area (Å²) in [5.41, 5.74) is 11.3. The third-order valence-electron chi connectivity index (χ3n) is 2.53. The molecular weight excluding hydrogens is 260 g/mol. The molecule has 0 heterocycles. The van der Waals surface area contributed by atoms with E-state index in [-0.39, 0.29) is 17.6 Å². The highest BCUT2D eigenvalue weighted by molar-refractivity contribution is 5.88. The van der Waals surface area contributed by atoms with Crippen molar-refractivity contribution < 1.29 is 15.0 Å². The van der Waals surface area contributed by atoms with Gasteiger partial charge in [-0.25, -0.2) is 9.79 Å². The van der Waals surface area contributed by atoms with Crippen molar-refractivity contribution in [3.63, 3.8) is 0 Å². The zero-order valence-corrected chi connectivity index (χ0v) is 11.3. The van der Waals surface area contributed by atoms with E-state index in [1.54, 1.807) is 13.8 Å². The number of carboxylic acids is 1. The minimum atomic E-state index is -1.02. The van der Waals surface area contributed by atoms with E-state index in [1.807, 2.05) is 0 Å². The standard InChI is InChI=1S/C13H18N4O3/c1-7(2)11(12(19)20)16-6-8-5-9(17-13(14)15)3-4-10(8)18/h3-7,11,18H,1-2H3,(H,19,20)(H4,14,15,17)/t11-/m0/s1. The number of aliphatic imine (C=N–C) groups is 2. The smallest absolute Gasteiger partial charge is 0.328 e. The minimum absolute atomic E-state index is 0.0313. The number of nitrogens with zero attached hydrogens (tertiary/aromatic N) is 2. The zero-order chi connectivity index (χ0) is 15.3. The molecule has 1 atom stereocenters. The third kappa shape index (κ3) is 4.27. The highest BCUT2D eigenvalue weighted by Gasteiger charge is 2.19. The van der Waals surface area contributed by atoms with Crippen LogP contribution in [-0.2, 0) is 4.79 Å². The van der Waals surface area contributed by atoms with E-state index in [4.69, 9.17) is 16.6 Å². The molecule has 0 amide bonds. The number of rotatable bonds is 5. The Balaban J connectivity index is 3.07. The van der Waals surface area contributed by atoms with Gasteiger partial charge in [0.1, 0.15) is 11.8 Å². The molecule has 1 aromatic carbocycles. The summed E-state index contributed by atoms with van der Waals surface area (Å²) < 4.78 is 0. The summed E-state index contributed by atoms with van der Waals surface area (Å²) in [6.45, 7) is 3.51. The summed E-state index contributed by atoms with van der Waals surface area (Å²) in [4.78, 5) is 18.8. The number of carbonyl (C=O) groups is 1. The lowest BCUT2D eigenvalue weighted by atomic mass is 10.1. The average Bonchev–Trinajstić information content (AvgIpc) is 2.31. The van der Waals surface area contributed by atoms with Gasteiger partial charge in [-0.3, -0.25) is 4.99 Å². The van der Waals surface area contributed by atoms with Crippen LogP contribution in [0.2, 0.25) is 0 Å². The monoisotopic (exact) mass is 278 g/mol. The zero-order valence-electron chi connectivity index (χ0n) is 11.3. The Hall–Kier alpha value is -2.57. The molecule has 0 spiro atoms. The van der Waals surface area contributed by atoms with Crippen molar-refractivity contribution >= 4 is 23.8 Å². The molecule has 0 aliphatic heterocycles. The van der Waals surface area contributed by atoms with Crippen LogP contribution in [-0.4, -0.2) is 34.4 Å². The van der Waals surface area contributed by atoms with Crippen molar-refractivity contribution in [1.29, 1.82) is 0 Å². The Morgan fingerprint density at radius 3 is 2.50 bits per heavy atom. The molecule has 108 valence electrons. The average molecular weight is 278 g/mol. The van der Waals surface area contributed by atoms with Gasteiger partial charge in [-0.2, -0.15) is 0 Å². The Kier molecular flexibility index (Phi) is 5.08. The molecule has 1 rings (SSSR count). The fourth-order valence-electron chi connectivity index (χ4n) is 1.55. The van der Waals surface area contributed by atoms with Gasteiger partial charge in [0.2, 0.25) is 0 Å². The SMILES string of the molecule is CC(C)[C@H](N=Cc1cc(N=C(N)N)ccc1O)C(=O)O. The second kappa shape index (κ2) is 6.55. The maximum absolute atomic E-state index is 11.0. The first kappa shape index (κ1) is 15.5. The van der Waals surface area contributed by atoms with E-state index < -0.39 is 12.0 Å². The van der Waals surface area contributed by atoms with E-state index in [9.17, 15) is 9.90 Å². The minimum Gasteiger partial charge on any atom is -0.507 e. The molecule has 0 radical (unpaired) electrons. The quantitative estimate of drug-likeness (QED) is 0.467. The van der Waals surface area contributed by atoms with Crippen molar-refractivity contribution in [2.45, 2.75) is 19.9 Å². The number of hydrogen-bond acceptors (Lipinski definition) is 4. The number of aromatic hydroxyl groups is 1. The van der Waals surface area contributed by atoms with E-state index in [0.717, 1.165) is 0 Å². The number of phenolic OH excluding ortho intramolecular Hbond substituents is 1. The van der Waals surface area contributed by atoms with Gasteiger partial charge in [-0.15, -0.1) is 0 Å². The predicted molar refractivity (Wildman–Crippen MR) is 77.4 cm³/mol. The molecule has 0 bridgehead atoms. The van der Waals surface area contributed by atoms with Gasteiger partial charge >= 0.3 is 5.97 Å². The van der Waals surface area contributed by atoms with Crippen LogP contribution < -0.4 is 11.5 Å². The highest BCUT2D eigenvalue weighted by atomic mass is 16.4. The second-order valence-corrected chi connectivity index (χ2v) is 4.59. The Morgan fingerprint density at radius 1 is 1.35 bits per heavy atom. The van der Waals surface area contributed by atoms with Crippen LogP contribution in [0.15, 0.2) is 28.2 Å². The number of nitrogens with two attached hydrogens (primary N) is 2. The number of hydrogen-bond donors (Lipinski definition) is 4. The lowest BCUT2D eigenvalue weighted by molar-refractivity contribution is -0.139. The molecule has 0 aromatic heterocycles. The summed E-state index contributed by atoms with van der Waals surface area (Å²) in [5.74, 6) is -1.32. The Bertz CT molecular complexity index is 549. The lowest BCUT2D eigenvalue weighted by Gasteiger charge is -2.10. The maximum Gasteiger partial charge on any atom is 0.328 e. The van der Waals surface area contributed by atoms with Gasteiger partial charge in [0.05, 0.1) is 5.69 Å². The molecule has 0 aliphatic carbocycles. The summed E-state index contributed by atoms with van der Waals surface area (Å²) in [6.07, 6.45) is 1.31. The van der Waals surface area contributed by atoms with E-state index in [2.05, 4.69) is 9.98 Å². The maximum atomic E-state index is 11.0. The van der Waals surface area contributed by atoms with Gasteiger partial charge in [0.15, 0.2) is 5.96 Å². The molecular formula is C13H18N4O3. The fourth-order valence-corrected chi connectivity index (χ4v) is 1.55.